The molecule has 6 nitrogen and oxygen atoms in total. The monoisotopic (exact) mass is 428 g/mol. The van der Waals surface area contributed by atoms with E-state index >= 15 is 0 Å². The second kappa shape index (κ2) is 8.53. The Labute approximate surface area is 178 Å². The van der Waals surface area contributed by atoms with Crippen LogP contribution in [0.15, 0.2) is 47.3 Å². The van der Waals surface area contributed by atoms with Crippen molar-refractivity contribution in [2.24, 2.45) is 0 Å². The summed E-state index contributed by atoms with van der Waals surface area (Å²) in [5, 5.41) is 5.80. The number of carbonyl (C=O) groups excluding carboxylic acids is 1. The molecule has 30 heavy (non-hydrogen) atoms. The van der Waals surface area contributed by atoms with Crippen LogP contribution in [-0.4, -0.2) is 51.7 Å². The minimum absolute atomic E-state index is 0.197. The predicted molar refractivity (Wildman–Crippen MR) is 114 cm³/mol. The minimum atomic E-state index is -0.321. The summed E-state index contributed by atoms with van der Waals surface area (Å²) in [6, 6.07) is 11.7. The Bertz CT molecular complexity index is 1140. The largest absolute Gasteiger partial charge is 0.335 e. The highest BCUT2D eigenvalue weighted by atomic mass is 35.5. The zero-order valence-corrected chi connectivity index (χ0v) is 17.4. The third-order valence-electron chi connectivity index (χ3n) is 5.47. The van der Waals surface area contributed by atoms with Crippen LogP contribution in [0.1, 0.15) is 23.0 Å². The minimum Gasteiger partial charge on any atom is -0.335 e. The molecule has 2 aromatic carbocycles. The molecule has 0 radical (unpaired) electrons. The van der Waals surface area contributed by atoms with Gasteiger partial charge in [0.25, 0.3) is 11.5 Å². The van der Waals surface area contributed by atoms with Crippen molar-refractivity contribution in [3.05, 3.63) is 74.9 Å². The number of hydrogen-bond donors (Lipinski definition) is 0. The van der Waals surface area contributed by atoms with Crippen LogP contribution in [0.5, 0.6) is 0 Å². The van der Waals surface area contributed by atoms with E-state index < -0.39 is 0 Å². The molecule has 1 aliphatic heterocycles. The highest BCUT2D eigenvalue weighted by Crippen LogP contribution is 2.22. The quantitative estimate of drug-likeness (QED) is 0.640. The maximum atomic E-state index is 14.1. The Morgan fingerprint density at radius 2 is 1.77 bits per heavy atom. The van der Waals surface area contributed by atoms with Crippen LogP contribution in [0.25, 0.3) is 10.8 Å². The third kappa shape index (κ3) is 3.82. The van der Waals surface area contributed by atoms with Crippen molar-refractivity contribution in [2.75, 3.05) is 26.2 Å². The molecule has 2 heterocycles. The molecule has 1 saturated heterocycles. The second-order valence-corrected chi connectivity index (χ2v) is 7.69. The molecule has 3 aromatic rings. The molecule has 0 bridgehead atoms. The normalized spacial score (nSPS) is 15.0. The number of carbonyl (C=O) groups is 1. The molecule has 0 saturated carbocycles. The fourth-order valence-electron chi connectivity index (χ4n) is 3.77. The Morgan fingerprint density at radius 1 is 1.07 bits per heavy atom. The van der Waals surface area contributed by atoms with Gasteiger partial charge in [0.1, 0.15) is 5.82 Å². The van der Waals surface area contributed by atoms with E-state index in [-0.39, 0.29) is 23.0 Å². The number of hydrogen-bond acceptors (Lipinski definition) is 4. The van der Waals surface area contributed by atoms with Crippen LogP contribution in [0, 0.1) is 5.82 Å². The van der Waals surface area contributed by atoms with Crippen molar-refractivity contribution in [3.8, 4) is 0 Å². The lowest BCUT2D eigenvalue weighted by Gasteiger charge is -2.34. The fraction of sp³-hybridized carbons (Fsp3) is 0.318. The molecule has 1 amide bonds. The van der Waals surface area contributed by atoms with E-state index in [9.17, 15) is 14.0 Å². The number of rotatable bonds is 4. The van der Waals surface area contributed by atoms with Crippen molar-refractivity contribution in [1.29, 1.82) is 0 Å². The molecule has 0 N–H and O–H groups in total. The molecular weight excluding hydrogens is 407 g/mol. The van der Waals surface area contributed by atoms with Gasteiger partial charge in [-0.1, -0.05) is 35.9 Å². The van der Waals surface area contributed by atoms with Gasteiger partial charge in [-0.2, -0.15) is 5.10 Å². The first-order valence-electron chi connectivity index (χ1n) is 9.94. The SMILES string of the molecule is CCn1nc(C(=O)N2CCN(Cc3c(F)cccc3Cl)CC2)c2ccccc2c1=O. The Balaban J connectivity index is 1.53. The van der Waals surface area contributed by atoms with Gasteiger partial charge in [0.2, 0.25) is 0 Å². The molecule has 0 spiro atoms. The van der Waals surface area contributed by atoms with E-state index in [0.717, 1.165) is 0 Å². The summed E-state index contributed by atoms with van der Waals surface area (Å²) >= 11 is 6.14. The van der Waals surface area contributed by atoms with Crippen molar-refractivity contribution < 1.29 is 9.18 Å². The number of amides is 1. The zero-order chi connectivity index (χ0) is 21.3. The molecular formula is C22H22ClFN4O2. The van der Waals surface area contributed by atoms with Gasteiger partial charge in [0.15, 0.2) is 5.69 Å². The highest BCUT2D eigenvalue weighted by Gasteiger charge is 2.26. The van der Waals surface area contributed by atoms with Gasteiger partial charge in [-0.15, -0.1) is 0 Å². The summed E-state index contributed by atoms with van der Waals surface area (Å²) in [7, 11) is 0. The molecule has 0 unspecified atom stereocenters. The van der Waals surface area contributed by atoms with E-state index in [1.54, 1.807) is 41.3 Å². The molecule has 8 heteroatoms. The smallest absolute Gasteiger partial charge is 0.275 e. The summed E-state index contributed by atoms with van der Waals surface area (Å²) in [5.41, 5.74) is 0.565. The summed E-state index contributed by atoms with van der Waals surface area (Å²) in [5.74, 6) is -0.518. The Hall–Kier alpha value is -2.77. The molecule has 1 aromatic heterocycles. The van der Waals surface area contributed by atoms with Crippen LogP contribution < -0.4 is 5.56 Å². The Kier molecular flexibility index (Phi) is 5.83. The average Bonchev–Trinajstić information content (AvgIpc) is 2.77. The van der Waals surface area contributed by atoms with E-state index in [4.69, 9.17) is 11.6 Å². The number of nitrogens with zero attached hydrogens (tertiary/aromatic N) is 4. The lowest BCUT2D eigenvalue weighted by molar-refractivity contribution is 0.0621. The van der Waals surface area contributed by atoms with Crippen molar-refractivity contribution in [2.45, 2.75) is 20.0 Å². The van der Waals surface area contributed by atoms with Crippen molar-refractivity contribution >= 4 is 28.3 Å². The molecule has 0 aliphatic carbocycles. The summed E-state index contributed by atoms with van der Waals surface area (Å²) in [6.07, 6.45) is 0. The van der Waals surface area contributed by atoms with Gasteiger partial charge < -0.3 is 4.90 Å². The van der Waals surface area contributed by atoms with Crippen LogP contribution in [-0.2, 0) is 13.1 Å². The maximum absolute atomic E-state index is 14.1. The van der Waals surface area contributed by atoms with Crippen LogP contribution in [0.3, 0.4) is 0 Å². The van der Waals surface area contributed by atoms with E-state index in [2.05, 4.69) is 10.00 Å². The first-order valence-corrected chi connectivity index (χ1v) is 10.3. The first-order chi connectivity index (χ1) is 14.5. The first kappa shape index (κ1) is 20.5. The highest BCUT2D eigenvalue weighted by molar-refractivity contribution is 6.31. The van der Waals surface area contributed by atoms with Gasteiger partial charge in [-0.05, 0) is 25.1 Å². The predicted octanol–water partition coefficient (Wildman–Crippen LogP) is 3.17. The van der Waals surface area contributed by atoms with E-state index in [1.165, 1.54) is 10.7 Å². The standard InChI is InChI=1S/C22H22ClFN4O2/c1-2-28-21(29)16-7-4-3-6-15(16)20(25-28)22(30)27-12-10-26(11-13-27)14-17-18(23)8-5-9-19(17)24/h3-9H,2,10-14H2,1H3. The van der Waals surface area contributed by atoms with Crippen molar-refractivity contribution in [3.63, 3.8) is 0 Å². The lowest BCUT2D eigenvalue weighted by Crippen LogP contribution is -2.48. The van der Waals surface area contributed by atoms with Gasteiger partial charge in [-0.25, -0.2) is 9.07 Å². The van der Waals surface area contributed by atoms with E-state index in [0.29, 0.717) is 60.6 Å². The topological polar surface area (TPSA) is 58.4 Å². The summed E-state index contributed by atoms with van der Waals surface area (Å²) in [4.78, 5) is 29.5. The van der Waals surface area contributed by atoms with Crippen LogP contribution in [0.4, 0.5) is 4.39 Å². The zero-order valence-electron chi connectivity index (χ0n) is 16.6. The number of fused-ring (bicyclic) bond motifs is 1. The maximum Gasteiger partial charge on any atom is 0.275 e. The third-order valence-corrected chi connectivity index (χ3v) is 5.83. The average molecular weight is 429 g/mol. The van der Waals surface area contributed by atoms with Gasteiger partial charge in [0.05, 0.1) is 5.39 Å². The molecule has 156 valence electrons. The number of aromatic nitrogens is 2. The fourth-order valence-corrected chi connectivity index (χ4v) is 4.00. The Morgan fingerprint density at radius 3 is 2.43 bits per heavy atom. The molecule has 4 rings (SSSR count). The van der Waals surface area contributed by atoms with Crippen molar-refractivity contribution in [1.82, 2.24) is 19.6 Å². The second-order valence-electron chi connectivity index (χ2n) is 7.28. The summed E-state index contributed by atoms with van der Waals surface area (Å²) < 4.78 is 15.4. The molecule has 0 atom stereocenters. The van der Waals surface area contributed by atoms with Crippen LogP contribution in [0.2, 0.25) is 5.02 Å². The molecule has 1 fully saturated rings. The molecule has 1 aliphatic rings. The number of halogens is 2. The number of benzene rings is 2. The van der Waals surface area contributed by atoms with Gasteiger partial charge in [0, 0.05) is 55.2 Å². The van der Waals surface area contributed by atoms with Gasteiger partial charge in [-0.3, -0.25) is 14.5 Å². The van der Waals surface area contributed by atoms with Crippen LogP contribution >= 0.6 is 11.6 Å². The number of piperazine rings is 1. The summed E-state index contributed by atoms with van der Waals surface area (Å²) in [6.45, 7) is 4.79. The van der Waals surface area contributed by atoms with E-state index in [1.807, 2.05) is 6.92 Å². The number of aryl methyl sites for hydroxylation is 1. The lowest BCUT2D eigenvalue weighted by atomic mass is 10.1. The van der Waals surface area contributed by atoms with Gasteiger partial charge >= 0.3 is 0 Å².